The molecular weight excluding hydrogens is 506 g/mol. The molecule has 0 bridgehead atoms. The number of hydrogen-bond acceptors (Lipinski definition) is 5. The van der Waals surface area contributed by atoms with Gasteiger partial charge in [0.1, 0.15) is 11.9 Å². The second-order valence-corrected chi connectivity index (χ2v) is 10.1. The van der Waals surface area contributed by atoms with Crippen molar-refractivity contribution in [2.24, 2.45) is 0 Å². The molecule has 1 heterocycles. The zero-order valence-corrected chi connectivity index (χ0v) is 19.3. The van der Waals surface area contributed by atoms with Gasteiger partial charge in [-0.1, -0.05) is 6.07 Å². The number of hydrogen-bond donors (Lipinski definition) is 1. The molecule has 0 aliphatic carbocycles. The molecule has 192 valence electrons. The summed E-state index contributed by atoms with van der Waals surface area (Å²) in [4.78, 5) is 11.4. The summed E-state index contributed by atoms with van der Waals surface area (Å²) in [6.45, 7) is 2.57. The lowest BCUT2D eigenvalue weighted by Gasteiger charge is -2.34. The van der Waals surface area contributed by atoms with E-state index < -0.39 is 50.6 Å². The van der Waals surface area contributed by atoms with Gasteiger partial charge in [0.15, 0.2) is 0 Å². The molecule has 0 saturated carbocycles. The first-order valence-electron chi connectivity index (χ1n) is 9.99. The molecule has 1 aliphatic rings. The molecule has 0 aromatic heterocycles. The summed E-state index contributed by atoms with van der Waals surface area (Å²) in [6, 6.07) is 6.80. The number of nitrogens with one attached hydrogen (secondary N) is 1. The highest BCUT2D eigenvalue weighted by atomic mass is 32.2. The summed E-state index contributed by atoms with van der Waals surface area (Å²) in [5, 5.41) is 2.09. The molecule has 1 atom stereocenters. The zero-order valence-electron chi connectivity index (χ0n) is 18.5. The van der Waals surface area contributed by atoms with Crippen molar-refractivity contribution in [3.8, 4) is 5.75 Å². The summed E-state index contributed by atoms with van der Waals surface area (Å²) >= 11 is 0. The van der Waals surface area contributed by atoms with E-state index in [9.17, 15) is 39.6 Å². The first-order valence-corrected chi connectivity index (χ1v) is 11.4. The van der Waals surface area contributed by atoms with Gasteiger partial charge in [0.25, 0.3) is 10.0 Å². The predicted molar refractivity (Wildman–Crippen MR) is 113 cm³/mol. The third-order valence-electron chi connectivity index (χ3n) is 5.01. The van der Waals surface area contributed by atoms with Crippen LogP contribution in [-0.2, 0) is 20.9 Å². The van der Waals surface area contributed by atoms with Gasteiger partial charge >= 0.3 is 18.4 Å². The maximum absolute atomic E-state index is 13.3. The predicted octanol–water partition coefficient (Wildman–Crippen LogP) is 5.57. The summed E-state index contributed by atoms with van der Waals surface area (Å²) < 4.78 is 116. The number of rotatable bonds is 4. The normalized spacial score (nSPS) is 16.8. The number of alkyl halides is 6. The molecule has 3 rings (SSSR count). The molecule has 0 spiro atoms. The van der Waals surface area contributed by atoms with Crippen LogP contribution in [0.1, 0.15) is 26.3 Å². The number of amides is 1. The van der Waals surface area contributed by atoms with Gasteiger partial charge in [-0.3, -0.25) is 9.62 Å². The fraction of sp³-hybridized carbons (Fsp3) is 0.381. The van der Waals surface area contributed by atoms with Crippen LogP contribution in [0, 0.1) is 0 Å². The largest absolute Gasteiger partial charge is 0.487 e. The van der Waals surface area contributed by atoms with Gasteiger partial charge in [-0.2, -0.15) is 26.3 Å². The number of fused-ring (bicyclic) bond motifs is 1. The monoisotopic (exact) mass is 526 g/mol. The van der Waals surface area contributed by atoms with E-state index in [2.05, 4.69) is 10.1 Å². The Kier molecular flexibility index (Phi) is 6.65. The van der Waals surface area contributed by atoms with E-state index in [1.807, 2.05) is 0 Å². The number of carbonyl (C=O) groups is 1. The van der Waals surface area contributed by atoms with Crippen LogP contribution in [0.25, 0.3) is 0 Å². The highest BCUT2D eigenvalue weighted by molar-refractivity contribution is 7.92. The SMILES string of the molecule is CC1CN(S(=O)(=O)c2cccc(C(F)(F)F)c2)c2cc(NC(=O)OC(C)(C)C(F)(F)F)ccc2O1. The Balaban J connectivity index is 1.96. The average molecular weight is 526 g/mol. The van der Waals surface area contributed by atoms with Gasteiger partial charge in [-0.05, 0) is 57.2 Å². The molecule has 1 N–H and O–H groups in total. The van der Waals surface area contributed by atoms with Crippen LogP contribution in [0.3, 0.4) is 0 Å². The Labute approximate surface area is 196 Å². The number of sulfonamides is 1. The van der Waals surface area contributed by atoms with E-state index in [4.69, 9.17) is 4.74 Å². The Bertz CT molecular complexity index is 1230. The van der Waals surface area contributed by atoms with E-state index in [0.29, 0.717) is 19.9 Å². The first kappa shape index (κ1) is 26.4. The number of nitrogens with zero attached hydrogens (tertiary/aromatic N) is 1. The van der Waals surface area contributed by atoms with Gasteiger partial charge in [0, 0.05) is 5.69 Å². The van der Waals surface area contributed by atoms with E-state index in [-0.39, 0.29) is 23.7 Å². The van der Waals surface area contributed by atoms with Crippen molar-refractivity contribution in [2.75, 3.05) is 16.2 Å². The standard InChI is InChI=1S/C21H20F6N2O5S/c1-12-11-29(35(31,32)15-6-4-5-13(9-15)20(22,23)24)16-10-14(7-8-17(16)33-12)28-18(30)34-19(2,3)21(25,26)27/h4-10,12H,11H2,1-3H3,(H,28,30). The van der Waals surface area contributed by atoms with Crippen molar-refractivity contribution >= 4 is 27.5 Å². The van der Waals surface area contributed by atoms with Gasteiger partial charge < -0.3 is 9.47 Å². The lowest BCUT2D eigenvalue weighted by Crippen LogP contribution is -2.44. The third-order valence-corrected chi connectivity index (χ3v) is 6.78. The maximum Gasteiger partial charge on any atom is 0.427 e. The number of halogens is 6. The van der Waals surface area contributed by atoms with Crippen molar-refractivity contribution in [1.82, 2.24) is 0 Å². The van der Waals surface area contributed by atoms with Gasteiger partial charge in [-0.25, -0.2) is 13.2 Å². The maximum atomic E-state index is 13.3. The van der Waals surface area contributed by atoms with Crippen LogP contribution in [0.15, 0.2) is 47.4 Å². The zero-order chi connectivity index (χ0) is 26.4. The van der Waals surface area contributed by atoms with Crippen molar-refractivity contribution in [3.63, 3.8) is 0 Å². The number of anilines is 2. The molecule has 1 unspecified atom stereocenters. The summed E-state index contributed by atoms with van der Waals surface area (Å²) in [5.74, 6) is 0.0360. The molecule has 7 nitrogen and oxygen atoms in total. The number of benzene rings is 2. The Morgan fingerprint density at radius 2 is 1.74 bits per heavy atom. The van der Waals surface area contributed by atoms with Crippen molar-refractivity contribution in [3.05, 3.63) is 48.0 Å². The molecule has 0 saturated heterocycles. The first-order chi connectivity index (χ1) is 15.9. The quantitative estimate of drug-likeness (QED) is 0.527. The second-order valence-electron chi connectivity index (χ2n) is 8.20. The molecule has 1 amide bonds. The minimum absolute atomic E-state index is 0.0360. The van der Waals surface area contributed by atoms with E-state index in [1.54, 1.807) is 6.92 Å². The number of carbonyl (C=O) groups excluding carboxylic acids is 1. The lowest BCUT2D eigenvalue weighted by atomic mass is 10.1. The van der Waals surface area contributed by atoms with Crippen LogP contribution in [0.4, 0.5) is 42.5 Å². The Hall–Kier alpha value is -3.16. The van der Waals surface area contributed by atoms with Crippen LogP contribution in [0.2, 0.25) is 0 Å². The van der Waals surface area contributed by atoms with E-state index >= 15 is 0 Å². The molecule has 2 aromatic carbocycles. The minimum atomic E-state index is -4.85. The minimum Gasteiger partial charge on any atom is -0.487 e. The third kappa shape index (κ3) is 5.57. The van der Waals surface area contributed by atoms with Crippen LogP contribution in [0.5, 0.6) is 5.75 Å². The summed E-state index contributed by atoms with van der Waals surface area (Å²) in [6.07, 6.45) is -11.8. The highest BCUT2D eigenvalue weighted by Crippen LogP contribution is 2.40. The van der Waals surface area contributed by atoms with Gasteiger partial charge in [-0.15, -0.1) is 0 Å². The van der Waals surface area contributed by atoms with Crippen LogP contribution in [-0.4, -0.2) is 38.9 Å². The molecular formula is C21H20F6N2O5S. The molecule has 2 aromatic rings. The Morgan fingerprint density at radius 3 is 2.34 bits per heavy atom. The topological polar surface area (TPSA) is 84.9 Å². The second kappa shape index (κ2) is 8.81. The fourth-order valence-corrected chi connectivity index (χ4v) is 4.68. The summed E-state index contributed by atoms with van der Waals surface area (Å²) in [5.41, 5.74) is -4.23. The molecule has 1 aliphatic heterocycles. The average Bonchev–Trinajstić information content (AvgIpc) is 2.71. The van der Waals surface area contributed by atoms with Crippen molar-refractivity contribution in [1.29, 1.82) is 0 Å². The van der Waals surface area contributed by atoms with Gasteiger partial charge in [0.05, 0.1) is 22.7 Å². The van der Waals surface area contributed by atoms with Crippen LogP contribution >= 0.6 is 0 Å². The fourth-order valence-electron chi connectivity index (χ4n) is 3.10. The smallest absolute Gasteiger partial charge is 0.427 e. The molecule has 35 heavy (non-hydrogen) atoms. The number of ether oxygens (including phenoxy) is 2. The van der Waals surface area contributed by atoms with Crippen molar-refractivity contribution < 1.29 is 49.0 Å². The van der Waals surface area contributed by atoms with E-state index in [1.165, 1.54) is 12.1 Å². The van der Waals surface area contributed by atoms with E-state index in [0.717, 1.165) is 28.6 Å². The van der Waals surface area contributed by atoms with Crippen LogP contribution < -0.4 is 14.4 Å². The highest BCUT2D eigenvalue weighted by Gasteiger charge is 2.51. The summed E-state index contributed by atoms with van der Waals surface area (Å²) in [7, 11) is -4.52. The van der Waals surface area contributed by atoms with Gasteiger partial charge in [0.2, 0.25) is 5.60 Å². The molecule has 14 heteroatoms. The Morgan fingerprint density at radius 1 is 1.09 bits per heavy atom. The molecule has 0 fully saturated rings. The lowest BCUT2D eigenvalue weighted by molar-refractivity contribution is -0.242. The van der Waals surface area contributed by atoms with Crippen molar-refractivity contribution in [2.45, 2.75) is 49.7 Å². The molecule has 0 radical (unpaired) electrons.